The van der Waals surface area contributed by atoms with Gasteiger partial charge in [0.05, 0.1) is 28.6 Å². The van der Waals surface area contributed by atoms with Crippen molar-refractivity contribution >= 4 is 50.2 Å². The summed E-state index contributed by atoms with van der Waals surface area (Å²) in [5.74, 6) is -1.89. The van der Waals surface area contributed by atoms with Gasteiger partial charge in [0.15, 0.2) is 12.0 Å². The molecule has 0 atom stereocenters. The van der Waals surface area contributed by atoms with Crippen LogP contribution in [0.25, 0.3) is 11.3 Å². The van der Waals surface area contributed by atoms with Gasteiger partial charge in [-0.25, -0.2) is 22.2 Å². The highest BCUT2D eigenvalue weighted by Crippen LogP contribution is 2.36. The largest absolute Gasteiger partial charge is 0.619 e. The average Bonchev–Trinajstić information content (AvgIpc) is 3.17. The molecule has 0 aliphatic carbocycles. The van der Waals surface area contributed by atoms with Crippen LogP contribution >= 0.6 is 22.9 Å². The Morgan fingerprint density at radius 2 is 1.87 bits per heavy atom. The number of thiophene rings is 1. The third-order valence-corrected chi connectivity index (χ3v) is 6.81. The van der Waals surface area contributed by atoms with Gasteiger partial charge in [0, 0.05) is 27.2 Å². The van der Waals surface area contributed by atoms with Crippen LogP contribution in [0.3, 0.4) is 0 Å². The Bertz CT molecular complexity index is 1630. The number of halogens is 3. The monoisotopic (exact) mass is 580 g/mol. The maximum atomic E-state index is 14.0. The van der Waals surface area contributed by atoms with Gasteiger partial charge in [-0.05, 0) is 37.3 Å². The summed E-state index contributed by atoms with van der Waals surface area (Å²) in [7, 11) is -3.56. The topological polar surface area (TPSA) is 124 Å². The van der Waals surface area contributed by atoms with Gasteiger partial charge < -0.3 is 15.3 Å². The van der Waals surface area contributed by atoms with E-state index in [-0.39, 0.29) is 44.9 Å². The van der Waals surface area contributed by atoms with Crippen molar-refractivity contribution in [2.24, 2.45) is 0 Å². The van der Waals surface area contributed by atoms with Crippen molar-refractivity contribution in [2.45, 2.75) is 13.5 Å². The van der Waals surface area contributed by atoms with Crippen molar-refractivity contribution in [3.63, 3.8) is 0 Å². The summed E-state index contributed by atoms with van der Waals surface area (Å²) in [6, 6.07) is 8.04. The van der Waals surface area contributed by atoms with Gasteiger partial charge in [-0.3, -0.25) is 9.52 Å². The molecule has 3 aromatic heterocycles. The lowest BCUT2D eigenvalue weighted by Gasteiger charge is -2.11. The van der Waals surface area contributed by atoms with E-state index in [1.54, 1.807) is 13.0 Å². The van der Waals surface area contributed by atoms with Crippen LogP contribution in [-0.4, -0.2) is 25.6 Å². The summed E-state index contributed by atoms with van der Waals surface area (Å²) in [6.07, 6.45) is 3.86. The zero-order valence-corrected chi connectivity index (χ0v) is 22.2. The van der Waals surface area contributed by atoms with Crippen molar-refractivity contribution in [2.75, 3.05) is 16.3 Å². The number of hydrogen-bond acceptors (Lipinski definition) is 7. The summed E-state index contributed by atoms with van der Waals surface area (Å²) in [4.78, 5) is 18.0. The van der Waals surface area contributed by atoms with Crippen LogP contribution in [0.1, 0.15) is 20.1 Å². The molecule has 0 radical (unpaired) electrons. The number of anilines is 2. The Kier molecular flexibility index (Phi) is 7.81. The van der Waals surface area contributed by atoms with Crippen molar-refractivity contribution < 1.29 is 31.5 Å². The Morgan fingerprint density at radius 3 is 2.58 bits per heavy atom. The third kappa shape index (κ3) is 6.94. The minimum absolute atomic E-state index is 0.0332. The molecular formula is C24H19ClF2N4O5S2. The van der Waals surface area contributed by atoms with Gasteiger partial charge in [0.1, 0.15) is 23.9 Å². The molecule has 2 N–H and O–H groups in total. The average molecular weight is 581 g/mol. The summed E-state index contributed by atoms with van der Waals surface area (Å²) < 4.78 is 58.9. The van der Waals surface area contributed by atoms with Gasteiger partial charge in [-0.1, -0.05) is 11.6 Å². The number of pyridine rings is 2. The number of nitrogens with one attached hydrogen (secondary N) is 2. The molecule has 38 heavy (non-hydrogen) atoms. The molecule has 0 aliphatic rings. The van der Waals surface area contributed by atoms with E-state index in [1.165, 1.54) is 18.2 Å². The molecule has 1 amide bonds. The predicted molar refractivity (Wildman–Crippen MR) is 140 cm³/mol. The first-order valence-corrected chi connectivity index (χ1v) is 13.8. The van der Waals surface area contributed by atoms with Gasteiger partial charge in [0.2, 0.25) is 16.2 Å². The Balaban J connectivity index is 1.58. The number of aryl methyl sites for hydroxylation is 1. The fourth-order valence-corrected chi connectivity index (χ4v) is 5.20. The van der Waals surface area contributed by atoms with Crippen LogP contribution in [-0.2, 0) is 16.6 Å². The molecule has 4 aromatic rings. The smallest absolute Gasteiger partial charge is 0.265 e. The molecule has 3 heterocycles. The van der Waals surface area contributed by atoms with Crippen LogP contribution in [0, 0.1) is 23.8 Å². The van der Waals surface area contributed by atoms with Crippen LogP contribution in [0.5, 0.6) is 5.75 Å². The molecule has 0 aliphatic heterocycles. The quantitative estimate of drug-likeness (QED) is 0.226. The summed E-state index contributed by atoms with van der Waals surface area (Å²) in [6.45, 7) is 1.51. The second-order valence-corrected chi connectivity index (χ2v) is 11.6. The number of hydrogen-bond donors (Lipinski definition) is 2. The minimum atomic E-state index is -3.56. The molecule has 14 heteroatoms. The van der Waals surface area contributed by atoms with Crippen LogP contribution < -0.4 is 19.5 Å². The molecule has 0 saturated heterocycles. The summed E-state index contributed by atoms with van der Waals surface area (Å²) in [5.41, 5.74) is 1.41. The number of rotatable bonds is 8. The summed E-state index contributed by atoms with van der Waals surface area (Å²) >= 11 is 7.21. The summed E-state index contributed by atoms with van der Waals surface area (Å²) in [5, 5.41) is 14.4. The Labute approximate surface area is 225 Å². The van der Waals surface area contributed by atoms with Gasteiger partial charge in [-0.15, -0.1) is 11.3 Å². The number of nitrogens with zero attached hydrogens (tertiary/aromatic N) is 2. The maximum Gasteiger partial charge on any atom is 0.265 e. The molecule has 0 spiro atoms. The van der Waals surface area contributed by atoms with Crippen molar-refractivity contribution in [1.29, 1.82) is 0 Å². The first kappa shape index (κ1) is 27.2. The van der Waals surface area contributed by atoms with E-state index < -0.39 is 27.6 Å². The highest BCUT2D eigenvalue weighted by atomic mass is 35.5. The Hall–Kier alpha value is -3.81. The lowest BCUT2D eigenvalue weighted by molar-refractivity contribution is -0.607. The van der Waals surface area contributed by atoms with E-state index in [1.807, 2.05) is 0 Å². The van der Waals surface area contributed by atoms with E-state index in [4.69, 9.17) is 16.3 Å². The van der Waals surface area contributed by atoms with E-state index in [0.717, 1.165) is 48.3 Å². The first-order chi connectivity index (χ1) is 17.9. The van der Waals surface area contributed by atoms with Crippen LogP contribution in [0.2, 0.25) is 5.02 Å². The number of carbonyl (C=O) groups excluding carboxylic acids is 1. The SMILES string of the molecule is Cc1sc(C(=O)Nc2cc(Cl)cc(NS(C)(=O)=O)c2)cc1-c1ncc(F)cc1OCc1cc(F)c[n+]([O-])c1. The van der Waals surface area contributed by atoms with Crippen molar-refractivity contribution in [3.05, 3.63) is 92.2 Å². The van der Waals surface area contributed by atoms with Gasteiger partial charge in [0.25, 0.3) is 5.91 Å². The fourth-order valence-electron chi connectivity index (χ4n) is 3.50. The molecule has 0 fully saturated rings. The molecular weight excluding hydrogens is 562 g/mol. The molecule has 0 saturated carbocycles. The number of carbonyl (C=O) groups is 1. The molecule has 198 valence electrons. The van der Waals surface area contributed by atoms with E-state index in [2.05, 4.69) is 15.0 Å². The van der Waals surface area contributed by atoms with E-state index in [9.17, 15) is 27.2 Å². The van der Waals surface area contributed by atoms with Crippen molar-refractivity contribution in [3.8, 4) is 17.0 Å². The molecule has 4 rings (SSSR count). The van der Waals surface area contributed by atoms with Crippen LogP contribution in [0.15, 0.2) is 55.0 Å². The normalized spacial score (nSPS) is 11.3. The standard InChI is InChI=1S/C24H19ClF2N4O5S2/c1-13-20(23-21(6-16(26)9-28-23)36-12-14-3-17(27)11-31(33)10-14)8-22(37-13)24(32)29-18-4-15(25)5-19(7-18)30-38(2,34)35/h3-11,30H,12H2,1-2H3,(H,29,32). The third-order valence-electron chi connectivity index (χ3n) is 4.94. The number of ether oxygens (including phenoxy) is 1. The van der Waals surface area contributed by atoms with E-state index in [0.29, 0.717) is 15.2 Å². The van der Waals surface area contributed by atoms with Gasteiger partial charge >= 0.3 is 0 Å². The molecule has 0 unspecified atom stereocenters. The van der Waals surface area contributed by atoms with Gasteiger partial charge in [-0.2, -0.15) is 4.73 Å². The minimum Gasteiger partial charge on any atom is -0.619 e. The number of amides is 1. The molecule has 0 bridgehead atoms. The predicted octanol–water partition coefficient (Wildman–Crippen LogP) is 4.89. The number of benzene rings is 1. The molecule has 1 aromatic carbocycles. The zero-order valence-electron chi connectivity index (χ0n) is 19.8. The second kappa shape index (κ2) is 10.9. The number of aromatic nitrogens is 2. The highest BCUT2D eigenvalue weighted by molar-refractivity contribution is 7.92. The van der Waals surface area contributed by atoms with E-state index >= 15 is 0 Å². The Morgan fingerprint density at radius 1 is 1.13 bits per heavy atom. The lowest BCUT2D eigenvalue weighted by Crippen LogP contribution is -2.26. The van der Waals surface area contributed by atoms with Crippen LogP contribution in [0.4, 0.5) is 20.2 Å². The zero-order chi connectivity index (χ0) is 27.6. The molecule has 9 nitrogen and oxygen atoms in total. The second-order valence-electron chi connectivity index (χ2n) is 8.15. The maximum absolute atomic E-state index is 14.0. The fraction of sp³-hybridized carbons (Fsp3) is 0.125. The van der Waals surface area contributed by atoms with Crippen molar-refractivity contribution in [1.82, 2.24) is 4.98 Å². The first-order valence-electron chi connectivity index (χ1n) is 10.7. The number of sulfonamides is 1. The lowest BCUT2D eigenvalue weighted by atomic mass is 10.1. The highest BCUT2D eigenvalue weighted by Gasteiger charge is 2.19.